The lowest BCUT2D eigenvalue weighted by atomic mass is 10.0. The minimum Gasteiger partial charge on any atom is -0.465 e. The molecule has 0 saturated carbocycles. The molecule has 0 aliphatic heterocycles. The fourth-order valence-electron chi connectivity index (χ4n) is 4.20. The summed E-state index contributed by atoms with van der Waals surface area (Å²) in [4.78, 5) is 53.3. The van der Waals surface area contributed by atoms with E-state index in [0.29, 0.717) is 15.9 Å². The van der Waals surface area contributed by atoms with Gasteiger partial charge in [0.2, 0.25) is 0 Å². The van der Waals surface area contributed by atoms with E-state index in [1.165, 1.54) is 0 Å². The van der Waals surface area contributed by atoms with Crippen molar-refractivity contribution in [3.63, 3.8) is 0 Å². The molecule has 196 valence electrons. The number of methoxy groups -OCH3 is 4. The maximum absolute atomic E-state index is 13.9. The van der Waals surface area contributed by atoms with Crippen molar-refractivity contribution in [2.45, 2.75) is 0 Å². The summed E-state index contributed by atoms with van der Waals surface area (Å²) >= 11 is 0. The van der Waals surface area contributed by atoms with Crippen LogP contribution in [0.2, 0.25) is 0 Å². The molecule has 0 radical (unpaired) electrons. The molecule has 3 aromatic carbocycles. The summed E-state index contributed by atoms with van der Waals surface area (Å²) in [5.74, 6) is -4.39. The van der Waals surface area contributed by atoms with Crippen molar-refractivity contribution in [3.05, 3.63) is 102 Å². The SMILES string of the molecule is COC(=O)C(C(=O)OC)=C(C(=O)OC)C(C(=O)OC)=P(c1ccccc1)(c1ccccc1)c1ccccc1. The van der Waals surface area contributed by atoms with Gasteiger partial charge in [-0.25, -0.2) is 19.2 Å². The first-order chi connectivity index (χ1) is 18.4. The van der Waals surface area contributed by atoms with Gasteiger partial charge in [0.25, 0.3) is 0 Å². The molecule has 0 unspecified atom stereocenters. The van der Waals surface area contributed by atoms with Gasteiger partial charge >= 0.3 is 23.9 Å². The highest BCUT2D eigenvalue weighted by atomic mass is 31.2. The second kappa shape index (κ2) is 12.7. The van der Waals surface area contributed by atoms with Crippen LogP contribution < -0.4 is 15.9 Å². The van der Waals surface area contributed by atoms with Gasteiger partial charge in [0.15, 0.2) is 5.57 Å². The molecule has 0 fully saturated rings. The Bertz CT molecular complexity index is 1290. The maximum Gasteiger partial charge on any atom is 0.346 e. The van der Waals surface area contributed by atoms with E-state index in [2.05, 4.69) is 0 Å². The molecule has 0 spiro atoms. The van der Waals surface area contributed by atoms with Gasteiger partial charge in [0.05, 0.1) is 39.3 Å². The standard InChI is InChI=1S/C29H27O8P/c1-34-26(30)23(24(27(31)35-2)28(32)36-3)25(29(33)37-4)38(20-14-8-5-9-15-20,21-16-10-6-11-17-21)22-18-12-7-13-19-22/h5-19H,1-4H3. The Labute approximate surface area is 220 Å². The smallest absolute Gasteiger partial charge is 0.346 e. The van der Waals surface area contributed by atoms with Crippen molar-refractivity contribution in [2.24, 2.45) is 0 Å². The first kappa shape index (κ1) is 28.2. The van der Waals surface area contributed by atoms with E-state index in [0.717, 1.165) is 28.4 Å². The van der Waals surface area contributed by atoms with Crippen LogP contribution in [-0.4, -0.2) is 57.6 Å². The van der Waals surface area contributed by atoms with Crippen LogP contribution in [0.15, 0.2) is 102 Å². The van der Waals surface area contributed by atoms with E-state index in [1.807, 2.05) is 54.6 Å². The van der Waals surface area contributed by atoms with Gasteiger partial charge in [-0.2, -0.15) is 0 Å². The van der Waals surface area contributed by atoms with Gasteiger partial charge < -0.3 is 18.9 Å². The Morgan fingerprint density at radius 3 is 1.03 bits per heavy atom. The molecule has 0 aliphatic carbocycles. The molecule has 0 amide bonds. The van der Waals surface area contributed by atoms with E-state index in [1.54, 1.807) is 36.4 Å². The minimum atomic E-state index is -3.35. The lowest BCUT2D eigenvalue weighted by molar-refractivity contribution is -0.145. The van der Waals surface area contributed by atoms with E-state index >= 15 is 0 Å². The minimum absolute atomic E-state index is 0.221. The molecule has 0 N–H and O–H groups in total. The highest BCUT2D eigenvalue weighted by Gasteiger charge is 2.42. The zero-order valence-electron chi connectivity index (χ0n) is 21.4. The fourth-order valence-corrected chi connectivity index (χ4v) is 8.63. The number of esters is 4. The van der Waals surface area contributed by atoms with Gasteiger partial charge in [0.1, 0.15) is 0 Å². The maximum atomic E-state index is 13.9. The molecule has 38 heavy (non-hydrogen) atoms. The number of hydrogen-bond acceptors (Lipinski definition) is 8. The molecule has 0 heterocycles. The predicted molar refractivity (Wildman–Crippen MR) is 145 cm³/mol. The van der Waals surface area contributed by atoms with E-state index < -0.39 is 41.9 Å². The molecule has 0 bridgehead atoms. The van der Waals surface area contributed by atoms with Crippen molar-refractivity contribution < 1.29 is 38.1 Å². The topological polar surface area (TPSA) is 105 Å². The van der Waals surface area contributed by atoms with E-state index in [9.17, 15) is 19.2 Å². The van der Waals surface area contributed by atoms with Crippen LogP contribution >= 0.6 is 6.89 Å². The third kappa shape index (κ3) is 5.17. The van der Waals surface area contributed by atoms with Crippen LogP contribution in [0.5, 0.6) is 0 Å². The van der Waals surface area contributed by atoms with Crippen LogP contribution in [0, 0.1) is 0 Å². The molecule has 0 atom stereocenters. The van der Waals surface area contributed by atoms with Gasteiger partial charge in [-0.05, 0) is 22.8 Å². The van der Waals surface area contributed by atoms with Crippen molar-refractivity contribution in [1.29, 1.82) is 0 Å². The Morgan fingerprint density at radius 2 is 0.737 bits per heavy atom. The largest absolute Gasteiger partial charge is 0.465 e. The molecule has 9 heteroatoms. The summed E-state index contributed by atoms with van der Waals surface area (Å²) in [5, 5.41) is 1.76. The molecule has 3 aromatic rings. The number of hydrogen-bond donors (Lipinski definition) is 0. The summed E-state index contributed by atoms with van der Waals surface area (Å²) in [6.07, 6.45) is 0. The quantitative estimate of drug-likeness (QED) is 0.108. The molecule has 3 rings (SSSR count). The monoisotopic (exact) mass is 534 g/mol. The second-order valence-electron chi connectivity index (χ2n) is 7.74. The summed E-state index contributed by atoms with van der Waals surface area (Å²) in [6, 6.07) is 27.2. The molecular weight excluding hydrogens is 507 g/mol. The average molecular weight is 535 g/mol. The highest BCUT2D eigenvalue weighted by molar-refractivity contribution is 7.97. The molecule has 0 saturated heterocycles. The second-order valence-corrected chi connectivity index (χ2v) is 11.1. The summed E-state index contributed by atoms with van der Waals surface area (Å²) in [7, 11) is 4.33. The Kier molecular flexibility index (Phi) is 9.41. The zero-order valence-corrected chi connectivity index (χ0v) is 22.3. The van der Waals surface area contributed by atoms with Gasteiger partial charge in [-0.3, -0.25) is 0 Å². The first-order valence-corrected chi connectivity index (χ1v) is 13.2. The van der Waals surface area contributed by atoms with Gasteiger partial charge in [-0.15, -0.1) is 0 Å². The number of carbonyl (C=O) groups excluding carboxylic acids is 4. The van der Waals surface area contributed by atoms with Crippen LogP contribution in [0.4, 0.5) is 0 Å². The third-order valence-corrected chi connectivity index (χ3v) is 10.1. The summed E-state index contributed by atoms with van der Waals surface area (Å²) in [6.45, 7) is -3.35. The van der Waals surface area contributed by atoms with Crippen molar-refractivity contribution >= 4 is 52.0 Å². The van der Waals surface area contributed by atoms with Gasteiger partial charge in [0, 0.05) is 0 Å². The molecule has 0 aromatic heterocycles. The van der Waals surface area contributed by atoms with E-state index in [4.69, 9.17) is 18.9 Å². The summed E-state index contributed by atoms with van der Waals surface area (Å²) < 4.78 is 20.0. The van der Waals surface area contributed by atoms with Crippen molar-refractivity contribution in [1.82, 2.24) is 0 Å². The lowest BCUT2D eigenvalue weighted by Gasteiger charge is -2.32. The number of rotatable bonds is 8. The lowest BCUT2D eigenvalue weighted by Crippen LogP contribution is -2.38. The normalized spacial score (nSPS) is 10.5. The number of ether oxygens (including phenoxy) is 4. The third-order valence-electron chi connectivity index (χ3n) is 5.80. The Morgan fingerprint density at radius 1 is 0.447 bits per heavy atom. The van der Waals surface area contributed by atoms with Crippen LogP contribution in [0.3, 0.4) is 0 Å². The molecular formula is C29H27O8P. The van der Waals surface area contributed by atoms with Crippen LogP contribution in [-0.2, 0) is 38.1 Å². The fraction of sp³-hybridized carbons (Fsp3) is 0.138. The van der Waals surface area contributed by atoms with Crippen molar-refractivity contribution in [2.75, 3.05) is 28.4 Å². The van der Waals surface area contributed by atoms with Crippen molar-refractivity contribution in [3.8, 4) is 0 Å². The number of benzene rings is 3. The van der Waals surface area contributed by atoms with Gasteiger partial charge in [-0.1, -0.05) is 91.0 Å². The molecule has 0 aliphatic rings. The highest BCUT2D eigenvalue weighted by Crippen LogP contribution is 2.48. The number of carbonyl (C=O) groups is 4. The average Bonchev–Trinajstić information content (AvgIpc) is 2.98. The van der Waals surface area contributed by atoms with Crippen LogP contribution in [0.25, 0.3) is 0 Å². The zero-order chi connectivity index (χ0) is 27.7. The van der Waals surface area contributed by atoms with Crippen LogP contribution in [0.1, 0.15) is 0 Å². The summed E-state index contributed by atoms with van der Waals surface area (Å²) in [5.41, 5.74) is -1.38. The van der Waals surface area contributed by atoms with E-state index in [-0.39, 0.29) is 5.29 Å². The first-order valence-electron chi connectivity index (χ1n) is 11.4. The Hall–Kier alpha value is -4.42. The predicted octanol–water partition coefficient (Wildman–Crippen LogP) is 2.14. The Balaban J connectivity index is 2.87. The molecule has 8 nitrogen and oxygen atoms in total.